The number of hydrogen-bond donors (Lipinski definition) is 2. The smallest absolute Gasteiger partial charge is 0.406 e. The minimum Gasteiger partial charge on any atom is -0.506 e. The Bertz CT molecular complexity index is 429. The molecule has 1 aromatic carbocycles. The fourth-order valence-electron chi connectivity index (χ4n) is 1.65. The second-order valence-corrected chi connectivity index (χ2v) is 4.59. The van der Waals surface area contributed by atoms with E-state index in [9.17, 15) is 18.3 Å². The zero-order valence-corrected chi connectivity index (χ0v) is 9.57. The third-order valence-electron chi connectivity index (χ3n) is 2.98. The summed E-state index contributed by atoms with van der Waals surface area (Å²) in [6.45, 7) is -0.0497. The normalized spacial score (nSPS) is 18.1. The van der Waals surface area contributed by atoms with Crippen molar-refractivity contribution in [1.82, 2.24) is 5.32 Å². The van der Waals surface area contributed by atoms with Gasteiger partial charge in [-0.3, -0.25) is 5.32 Å². The fourth-order valence-corrected chi connectivity index (χ4v) is 1.85. The number of nitrogens with one attached hydrogen (secondary N) is 1. The Hall–Kier alpha value is -0.940. The highest BCUT2D eigenvalue weighted by molar-refractivity contribution is 6.32. The lowest BCUT2D eigenvalue weighted by molar-refractivity contribution is -0.166. The van der Waals surface area contributed by atoms with Gasteiger partial charge in [0.2, 0.25) is 0 Å². The molecule has 1 fully saturated rings. The van der Waals surface area contributed by atoms with E-state index in [2.05, 4.69) is 5.32 Å². The van der Waals surface area contributed by atoms with Crippen molar-refractivity contribution in [2.45, 2.75) is 31.1 Å². The molecular weight excluding hydrogens is 255 g/mol. The van der Waals surface area contributed by atoms with E-state index in [1.807, 2.05) is 0 Å². The molecular formula is C11H11ClF3NO. The molecule has 0 saturated heterocycles. The molecule has 17 heavy (non-hydrogen) atoms. The minimum absolute atomic E-state index is 0.0497. The third kappa shape index (κ3) is 2.35. The van der Waals surface area contributed by atoms with Gasteiger partial charge in [0.1, 0.15) is 11.3 Å². The summed E-state index contributed by atoms with van der Waals surface area (Å²) in [4.78, 5) is 0. The van der Waals surface area contributed by atoms with E-state index >= 15 is 0 Å². The van der Waals surface area contributed by atoms with Gasteiger partial charge in [-0.05, 0) is 18.9 Å². The van der Waals surface area contributed by atoms with Gasteiger partial charge in [-0.15, -0.1) is 0 Å². The Morgan fingerprint density at radius 1 is 1.35 bits per heavy atom. The second-order valence-electron chi connectivity index (χ2n) is 4.18. The van der Waals surface area contributed by atoms with Crippen LogP contribution < -0.4 is 5.32 Å². The Balaban J connectivity index is 2.06. The summed E-state index contributed by atoms with van der Waals surface area (Å²) in [6.07, 6.45) is -4.09. The van der Waals surface area contributed by atoms with E-state index < -0.39 is 11.7 Å². The van der Waals surface area contributed by atoms with Crippen molar-refractivity contribution in [3.05, 3.63) is 28.8 Å². The number of aromatic hydroxyl groups is 1. The average molecular weight is 266 g/mol. The lowest BCUT2D eigenvalue weighted by atomic mass is 10.1. The predicted octanol–water partition coefficient (Wildman–Crippen LogP) is 3.23. The largest absolute Gasteiger partial charge is 0.506 e. The Kier molecular flexibility index (Phi) is 2.99. The summed E-state index contributed by atoms with van der Waals surface area (Å²) >= 11 is 5.67. The van der Waals surface area contributed by atoms with E-state index in [1.54, 1.807) is 12.1 Å². The van der Waals surface area contributed by atoms with E-state index in [4.69, 9.17) is 11.6 Å². The quantitative estimate of drug-likeness (QED) is 0.879. The molecule has 0 heterocycles. The van der Waals surface area contributed by atoms with Gasteiger partial charge in [-0.25, -0.2) is 0 Å². The lowest BCUT2D eigenvalue weighted by Crippen LogP contribution is -2.44. The van der Waals surface area contributed by atoms with E-state index in [0.29, 0.717) is 5.56 Å². The zero-order valence-electron chi connectivity index (χ0n) is 8.81. The fraction of sp³-hybridized carbons (Fsp3) is 0.455. The number of alkyl halides is 3. The van der Waals surface area contributed by atoms with Crippen LogP contribution >= 0.6 is 11.6 Å². The molecule has 0 amide bonds. The highest BCUT2D eigenvalue weighted by atomic mass is 35.5. The van der Waals surface area contributed by atoms with Crippen molar-refractivity contribution in [1.29, 1.82) is 0 Å². The maximum Gasteiger partial charge on any atom is 0.406 e. The summed E-state index contributed by atoms with van der Waals surface area (Å²) in [5, 5.41) is 12.2. The first-order valence-electron chi connectivity index (χ1n) is 5.14. The SMILES string of the molecule is Oc1c(Cl)cccc1CNC1(C(F)(F)F)CC1. The van der Waals surface area contributed by atoms with Crippen molar-refractivity contribution in [3.8, 4) is 5.75 Å². The number of phenolic OH excluding ortho intramolecular Hbond substituents is 1. The number of hydrogen-bond acceptors (Lipinski definition) is 2. The van der Waals surface area contributed by atoms with Crippen LogP contribution in [0, 0.1) is 0 Å². The molecule has 6 heteroatoms. The van der Waals surface area contributed by atoms with Crippen LogP contribution in [0.3, 0.4) is 0 Å². The number of halogens is 4. The molecule has 1 aromatic rings. The van der Waals surface area contributed by atoms with Gasteiger partial charge in [0.05, 0.1) is 5.02 Å². The third-order valence-corrected chi connectivity index (χ3v) is 3.29. The molecule has 0 aliphatic heterocycles. The molecule has 1 saturated carbocycles. The zero-order chi connectivity index (χ0) is 12.7. The molecule has 0 aromatic heterocycles. The topological polar surface area (TPSA) is 32.3 Å². The van der Waals surface area contributed by atoms with Gasteiger partial charge in [-0.2, -0.15) is 13.2 Å². The molecule has 1 aliphatic rings. The molecule has 0 unspecified atom stereocenters. The van der Waals surface area contributed by atoms with Crippen LogP contribution in [-0.4, -0.2) is 16.8 Å². The van der Waals surface area contributed by atoms with Gasteiger partial charge < -0.3 is 5.11 Å². The van der Waals surface area contributed by atoms with Gasteiger partial charge >= 0.3 is 6.18 Å². The standard InChI is InChI=1S/C11H11ClF3NO/c12-8-3-1-2-7(9(8)17)6-16-10(4-5-10)11(13,14)15/h1-3,16-17H,4-6H2. The number of phenols is 1. The average Bonchev–Trinajstić information content (AvgIpc) is 3.00. The first kappa shape index (κ1) is 12.5. The molecule has 2 rings (SSSR count). The number of rotatable bonds is 3. The minimum atomic E-state index is -4.25. The molecule has 0 atom stereocenters. The van der Waals surface area contributed by atoms with E-state index in [1.165, 1.54) is 6.07 Å². The summed E-state index contributed by atoms with van der Waals surface area (Å²) in [6, 6.07) is 4.62. The van der Waals surface area contributed by atoms with Crippen LogP contribution in [0.4, 0.5) is 13.2 Å². The first-order valence-corrected chi connectivity index (χ1v) is 5.52. The summed E-state index contributed by atoms with van der Waals surface area (Å²) in [7, 11) is 0. The first-order chi connectivity index (χ1) is 7.86. The van der Waals surface area contributed by atoms with Crippen LogP contribution in [0.2, 0.25) is 5.02 Å². The molecule has 2 N–H and O–H groups in total. The number of benzene rings is 1. The predicted molar refractivity (Wildman–Crippen MR) is 58.0 cm³/mol. The highest BCUT2D eigenvalue weighted by Gasteiger charge is 2.62. The van der Waals surface area contributed by atoms with Crippen molar-refractivity contribution in [3.63, 3.8) is 0 Å². The van der Waals surface area contributed by atoms with Crippen LogP contribution in [-0.2, 0) is 6.54 Å². The summed E-state index contributed by atoms with van der Waals surface area (Å²) < 4.78 is 37.9. The van der Waals surface area contributed by atoms with Crippen LogP contribution in [0.15, 0.2) is 18.2 Å². The Labute approximate surface area is 101 Å². The number of para-hydroxylation sites is 1. The lowest BCUT2D eigenvalue weighted by Gasteiger charge is -2.21. The monoisotopic (exact) mass is 265 g/mol. The maximum absolute atomic E-state index is 12.6. The van der Waals surface area contributed by atoms with Crippen LogP contribution in [0.5, 0.6) is 5.75 Å². The Morgan fingerprint density at radius 3 is 2.53 bits per heavy atom. The van der Waals surface area contributed by atoms with Gasteiger partial charge in [-0.1, -0.05) is 23.7 Å². The maximum atomic E-state index is 12.6. The van der Waals surface area contributed by atoms with Crippen molar-refractivity contribution in [2.75, 3.05) is 0 Å². The summed E-state index contributed by atoms with van der Waals surface area (Å²) in [5.41, 5.74) is -1.41. The highest BCUT2D eigenvalue weighted by Crippen LogP contribution is 2.49. The van der Waals surface area contributed by atoms with Crippen LogP contribution in [0.1, 0.15) is 18.4 Å². The van der Waals surface area contributed by atoms with Gasteiger partial charge in [0.15, 0.2) is 0 Å². The molecule has 0 spiro atoms. The molecule has 94 valence electrons. The Morgan fingerprint density at radius 2 is 2.00 bits per heavy atom. The molecule has 0 bridgehead atoms. The van der Waals surface area contributed by atoms with Crippen molar-refractivity contribution in [2.24, 2.45) is 0 Å². The van der Waals surface area contributed by atoms with Crippen molar-refractivity contribution >= 4 is 11.6 Å². The van der Waals surface area contributed by atoms with Crippen molar-refractivity contribution < 1.29 is 18.3 Å². The molecule has 2 nitrogen and oxygen atoms in total. The van der Waals surface area contributed by atoms with Gasteiger partial charge in [0, 0.05) is 12.1 Å². The molecule has 0 radical (unpaired) electrons. The van der Waals surface area contributed by atoms with Gasteiger partial charge in [0.25, 0.3) is 0 Å². The van der Waals surface area contributed by atoms with E-state index in [-0.39, 0.29) is 30.2 Å². The summed E-state index contributed by atoms with van der Waals surface area (Å²) in [5.74, 6) is -0.167. The van der Waals surface area contributed by atoms with E-state index in [0.717, 1.165) is 0 Å². The van der Waals surface area contributed by atoms with Crippen LogP contribution in [0.25, 0.3) is 0 Å². The second kappa shape index (κ2) is 4.07. The molecule has 1 aliphatic carbocycles.